The fraction of sp³-hybridized carbons (Fsp3) is 0. The van der Waals surface area contributed by atoms with Crippen molar-refractivity contribution < 1.29 is 66.8 Å². The molecule has 0 saturated carbocycles. The van der Waals surface area contributed by atoms with Crippen LogP contribution in [0.15, 0.2) is 0 Å². The Kier molecular flexibility index (Phi) is 3940. The maximum atomic E-state index is 0. The molecule has 0 aromatic rings. The van der Waals surface area contributed by atoms with E-state index in [2.05, 4.69) is 0 Å². The van der Waals surface area contributed by atoms with Gasteiger partial charge in [-0.1, -0.05) is 0 Å². The van der Waals surface area contributed by atoms with E-state index in [-0.39, 0.29) is 93.0 Å². The fourth-order valence-electron chi connectivity index (χ4n) is 0. The molecule has 0 heterocycles. The van der Waals surface area contributed by atoms with Crippen LogP contribution in [0.1, 0.15) is 0 Å². The van der Waals surface area contributed by atoms with Crippen LogP contribution < -0.4 is 0 Å². The smallest absolute Gasteiger partial charge is 2.00 e. The van der Waals surface area contributed by atoms with E-state index in [1.807, 2.05) is 0 Å². The molecule has 0 aliphatic carbocycles. The molecule has 2 radical (unpaired) electrons. The van der Waals surface area contributed by atoms with E-state index in [1.165, 1.54) is 0 Å². The van der Waals surface area contributed by atoms with Crippen LogP contribution in [-0.2, 0) is 66.8 Å². The van der Waals surface area contributed by atoms with Crippen molar-refractivity contribution in [2.24, 2.45) is 0 Å². The van der Waals surface area contributed by atoms with E-state index in [1.54, 1.807) is 0 Å². The number of hydrogen-bond donors (Lipinski definition) is 0. The van der Waals surface area contributed by atoms with E-state index < -0.39 is 0 Å². The summed E-state index contributed by atoms with van der Waals surface area (Å²) < 4.78 is 0. The molecule has 0 fully saturated rings. The molecule has 0 amide bonds. The van der Waals surface area contributed by atoms with Crippen molar-refractivity contribution in [3.05, 3.63) is 0 Å². The summed E-state index contributed by atoms with van der Waals surface area (Å²) in [4.78, 5) is 0. The molecule has 8 heavy (non-hydrogen) atoms. The van der Waals surface area contributed by atoms with E-state index in [0.717, 1.165) is 0 Å². The molecule has 0 atom stereocenters. The summed E-state index contributed by atoms with van der Waals surface area (Å²) in [6.45, 7) is 0. The quantitative estimate of drug-likeness (QED) is 0.359. The summed E-state index contributed by atoms with van der Waals surface area (Å²) in [5, 5.41) is 0. The van der Waals surface area contributed by atoms with Gasteiger partial charge in [0.25, 0.3) is 0 Å². The third-order valence-electron chi connectivity index (χ3n) is 0. The van der Waals surface area contributed by atoms with Gasteiger partial charge in [-0.2, -0.15) is 0 Å². The molecule has 5 nitrogen and oxygen atoms in total. The van der Waals surface area contributed by atoms with Crippen LogP contribution in [0.5, 0.6) is 0 Å². The molecule has 0 spiro atoms. The third-order valence-corrected chi connectivity index (χ3v) is 0. The summed E-state index contributed by atoms with van der Waals surface area (Å²) in [7, 11) is 0. The molecule has 8 heteroatoms. The fourth-order valence-corrected chi connectivity index (χ4v) is 0. The van der Waals surface area contributed by atoms with Gasteiger partial charge < -0.3 is 27.4 Å². The first-order valence-electron chi connectivity index (χ1n) is 0. The summed E-state index contributed by atoms with van der Waals surface area (Å²) >= 11 is 0. The average Bonchev–Trinajstić information content (AvgIpc) is 0. The maximum absolute atomic E-state index is 0. The molecule has 0 aromatic carbocycles. The van der Waals surface area contributed by atoms with Crippen molar-refractivity contribution in [2.75, 3.05) is 0 Å². The summed E-state index contributed by atoms with van der Waals surface area (Å²) in [5.41, 5.74) is 0. The van der Waals surface area contributed by atoms with Crippen LogP contribution >= 0.6 is 0 Å². The minimum atomic E-state index is 0. The second-order valence-corrected chi connectivity index (χ2v) is 0. The predicted molar refractivity (Wildman–Crippen MR) is 9.19 cm³/mol. The molecule has 0 aromatic heterocycles. The van der Waals surface area contributed by atoms with Crippen molar-refractivity contribution in [1.29, 1.82) is 0 Å². The van der Waals surface area contributed by atoms with Crippen molar-refractivity contribution >= 4 is 26.2 Å². The standard InChI is InChI=1S/Bi.Fe.5O.Ta/q+3;+2;5*-2;+5. The van der Waals surface area contributed by atoms with Gasteiger partial charge in [-0.3, -0.25) is 0 Å². The zero-order chi connectivity index (χ0) is 0. The summed E-state index contributed by atoms with van der Waals surface area (Å²) in [6.07, 6.45) is 0. The average molecular weight is 526 g/mol. The van der Waals surface area contributed by atoms with E-state index >= 15 is 0 Å². The van der Waals surface area contributed by atoms with Crippen molar-refractivity contribution in [1.82, 2.24) is 0 Å². The van der Waals surface area contributed by atoms with E-state index in [4.69, 9.17) is 0 Å². The Morgan fingerprint density at radius 3 is 0.500 bits per heavy atom. The van der Waals surface area contributed by atoms with Gasteiger partial charge >= 0.3 is 65.7 Å². The molecular formula is BiFeO5Ta. The Morgan fingerprint density at radius 2 is 0.500 bits per heavy atom. The van der Waals surface area contributed by atoms with E-state index in [0.29, 0.717) is 0 Å². The second-order valence-electron chi connectivity index (χ2n) is 0. The number of hydrogen-bond acceptors (Lipinski definition) is 0. The van der Waals surface area contributed by atoms with Crippen LogP contribution in [0.2, 0.25) is 0 Å². The van der Waals surface area contributed by atoms with Crippen molar-refractivity contribution in [3.63, 3.8) is 0 Å². The molecule has 0 saturated heterocycles. The molecule has 0 aliphatic heterocycles. The zero-order valence-electron chi connectivity index (χ0n) is 3.29. The predicted octanol–water partition coefficient (Wildman–Crippen LogP) is -0.980. The van der Waals surface area contributed by atoms with Crippen LogP contribution in [0.25, 0.3) is 0 Å². The van der Waals surface area contributed by atoms with Gasteiger partial charge in [-0.25, -0.2) is 0 Å². The Bertz CT molecular complexity index is 12.4. The first-order valence-corrected chi connectivity index (χ1v) is 0. The van der Waals surface area contributed by atoms with Crippen LogP contribution in [0.3, 0.4) is 0 Å². The normalized spacial score (nSPS) is 0. The Balaban J connectivity index is 0. The minimum absolute atomic E-state index is 0. The Morgan fingerprint density at radius 1 is 0.500 bits per heavy atom. The third kappa shape index (κ3) is 101. The minimum Gasteiger partial charge on any atom is -2.00 e. The van der Waals surface area contributed by atoms with Gasteiger partial charge in [0.15, 0.2) is 0 Å². The summed E-state index contributed by atoms with van der Waals surface area (Å²) in [5.74, 6) is 0. The van der Waals surface area contributed by atoms with Crippen molar-refractivity contribution in [3.8, 4) is 0 Å². The molecule has 48 valence electrons. The first kappa shape index (κ1) is 211. The Labute approximate surface area is 92.2 Å². The second kappa shape index (κ2) is 149. The zero-order valence-corrected chi connectivity index (χ0v) is 11.1. The Hall–Kier alpha value is 1.94. The van der Waals surface area contributed by atoms with Crippen LogP contribution in [-0.4, -0.2) is 26.2 Å². The topological polar surface area (TPSA) is 142 Å². The number of rotatable bonds is 0. The largest absolute Gasteiger partial charge is 5.00 e. The van der Waals surface area contributed by atoms with Gasteiger partial charge in [0, 0.05) is 0 Å². The van der Waals surface area contributed by atoms with Crippen molar-refractivity contribution in [2.45, 2.75) is 0 Å². The molecule has 0 unspecified atom stereocenters. The van der Waals surface area contributed by atoms with Gasteiger partial charge in [0.05, 0.1) is 0 Å². The molecule has 0 bridgehead atoms. The van der Waals surface area contributed by atoms with Gasteiger partial charge in [-0.15, -0.1) is 0 Å². The van der Waals surface area contributed by atoms with Gasteiger partial charge in [0.2, 0.25) is 0 Å². The van der Waals surface area contributed by atoms with Crippen LogP contribution in [0.4, 0.5) is 0 Å². The van der Waals surface area contributed by atoms with Gasteiger partial charge in [-0.05, 0) is 0 Å². The maximum Gasteiger partial charge on any atom is 5.00 e. The van der Waals surface area contributed by atoms with Crippen LogP contribution in [0, 0.1) is 0 Å². The molecule has 0 aliphatic rings. The molecular weight excluding hydrogens is 526 g/mol. The monoisotopic (exact) mass is 526 g/mol. The van der Waals surface area contributed by atoms with E-state index in [9.17, 15) is 0 Å². The summed E-state index contributed by atoms with van der Waals surface area (Å²) in [6, 6.07) is 0. The van der Waals surface area contributed by atoms with Gasteiger partial charge in [0.1, 0.15) is 0 Å². The SMILES string of the molecule is [Bi+3].[Fe+2].[O-2].[O-2].[O-2].[O-2].[O-2].[Ta+5]. The molecule has 0 rings (SSSR count). The first-order chi connectivity index (χ1) is 0. The molecule has 0 N–H and O–H groups in total.